The second kappa shape index (κ2) is 11.6. The maximum atomic E-state index is 13.6. The number of aromatic nitrogens is 2. The Labute approximate surface area is 227 Å². The van der Waals surface area contributed by atoms with Crippen LogP contribution in [0, 0.1) is 0 Å². The van der Waals surface area contributed by atoms with E-state index in [0.29, 0.717) is 34.8 Å². The first-order valence-corrected chi connectivity index (χ1v) is 13.6. The monoisotopic (exact) mass is 569 g/mol. The third-order valence-corrected chi connectivity index (χ3v) is 7.34. The summed E-state index contributed by atoms with van der Waals surface area (Å²) >= 11 is 4.74. The fraction of sp³-hybridized carbons (Fsp3) is 0.100. The lowest BCUT2D eigenvalue weighted by Crippen LogP contribution is -2.32. The molecule has 184 valence electrons. The number of carbonyl (C=O) groups excluding carboxylic acids is 1. The average molecular weight is 571 g/mol. The van der Waals surface area contributed by atoms with Crippen LogP contribution in [0.15, 0.2) is 124 Å². The molecule has 37 heavy (non-hydrogen) atoms. The van der Waals surface area contributed by atoms with E-state index in [4.69, 9.17) is 4.98 Å². The van der Waals surface area contributed by atoms with Crippen molar-refractivity contribution in [2.75, 3.05) is 5.75 Å². The summed E-state index contributed by atoms with van der Waals surface area (Å²) in [7, 11) is 0. The first kappa shape index (κ1) is 25.0. The molecule has 0 N–H and O–H groups in total. The lowest BCUT2D eigenvalue weighted by atomic mass is 10.1. The van der Waals surface area contributed by atoms with Gasteiger partial charge in [-0.1, -0.05) is 107 Å². The molecule has 0 saturated heterocycles. The van der Waals surface area contributed by atoms with Gasteiger partial charge in [-0.25, -0.2) is 4.98 Å². The van der Waals surface area contributed by atoms with E-state index >= 15 is 0 Å². The first-order valence-electron chi connectivity index (χ1n) is 11.8. The van der Waals surface area contributed by atoms with Crippen LogP contribution in [0.25, 0.3) is 16.6 Å². The maximum absolute atomic E-state index is 13.6. The van der Waals surface area contributed by atoms with Crippen molar-refractivity contribution in [3.8, 4) is 5.69 Å². The number of hydrogen-bond donors (Lipinski definition) is 0. The van der Waals surface area contributed by atoms with Crippen molar-refractivity contribution in [2.45, 2.75) is 18.2 Å². The molecule has 0 unspecified atom stereocenters. The molecule has 0 atom stereocenters. The fourth-order valence-corrected chi connectivity index (χ4v) is 5.37. The molecule has 5 aromatic rings. The Bertz CT molecular complexity index is 1530. The summed E-state index contributed by atoms with van der Waals surface area (Å²) in [6.07, 6.45) is 0. The van der Waals surface area contributed by atoms with Crippen molar-refractivity contribution in [2.24, 2.45) is 0 Å². The molecule has 5 nitrogen and oxygen atoms in total. The second-order valence-corrected chi connectivity index (χ2v) is 10.4. The summed E-state index contributed by atoms with van der Waals surface area (Å²) in [6.45, 7) is 1.000. The molecule has 1 heterocycles. The molecule has 4 aromatic carbocycles. The summed E-state index contributed by atoms with van der Waals surface area (Å²) < 4.78 is 2.40. The van der Waals surface area contributed by atoms with Crippen molar-refractivity contribution < 1.29 is 4.79 Å². The number of nitrogens with zero attached hydrogens (tertiary/aromatic N) is 3. The van der Waals surface area contributed by atoms with Crippen LogP contribution in [0.3, 0.4) is 0 Å². The van der Waals surface area contributed by atoms with E-state index in [1.54, 1.807) is 10.6 Å². The Hall–Kier alpha value is -3.68. The molecule has 7 heteroatoms. The molecule has 0 aliphatic carbocycles. The van der Waals surface area contributed by atoms with Crippen LogP contribution >= 0.6 is 27.7 Å². The van der Waals surface area contributed by atoms with E-state index in [0.717, 1.165) is 15.6 Å². The Kier molecular flexibility index (Phi) is 7.82. The fourth-order valence-electron chi connectivity index (χ4n) is 4.10. The molecule has 0 radical (unpaired) electrons. The molecule has 0 fully saturated rings. The number of halogens is 1. The van der Waals surface area contributed by atoms with E-state index in [-0.39, 0.29) is 17.2 Å². The smallest absolute Gasteiger partial charge is 0.266 e. The second-order valence-electron chi connectivity index (χ2n) is 8.54. The summed E-state index contributed by atoms with van der Waals surface area (Å²) in [5.74, 6) is 0.128. The van der Waals surface area contributed by atoms with E-state index in [9.17, 15) is 9.59 Å². The van der Waals surface area contributed by atoms with Crippen LogP contribution < -0.4 is 5.56 Å². The summed E-state index contributed by atoms with van der Waals surface area (Å²) in [5.41, 5.74) is 3.26. The quantitative estimate of drug-likeness (QED) is 0.159. The molecule has 0 spiro atoms. The minimum atomic E-state index is -0.169. The lowest BCUT2D eigenvalue weighted by Gasteiger charge is -2.23. The van der Waals surface area contributed by atoms with Crippen LogP contribution in [0.1, 0.15) is 11.1 Å². The SMILES string of the molecule is O=C(CSc1nc2ccc(Br)cc2c(=O)n1-c1ccccc1)N(Cc1ccccc1)Cc1ccccc1. The van der Waals surface area contributed by atoms with Crippen LogP contribution in [-0.4, -0.2) is 26.1 Å². The van der Waals surface area contributed by atoms with Crippen molar-refractivity contribution in [3.63, 3.8) is 0 Å². The predicted octanol–water partition coefficient (Wildman–Crippen LogP) is 6.47. The Morgan fingerprint density at radius 1 is 0.811 bits per heavy atom. The molecular weight excluding hydrogens is 546 g/mol. The Morgan fingerprint density at radius 2 is 1.38 bits per heavy atom. The van der Waals surface area contributed by atoms with Gasteiger partial charge in [-0.2, -0.15) is 0 Å². The largest absolute Gasteiger partial charge is 0.333 e. The van der Waals surface area contributed by atoms with Gasteiger partial charge >= 0.3 is 0 Å². The number of rotatable bonds is 8. The van der Waals surface area contributed by atoms with Crippen molar-refractivity contribution in [1.29, 1.82) is 0 Å². The van der Waals surface area contributed by atoms with Crippen molar-refractivity contribution in [1.82, 2.24) is 14.5 Å². The first-order chi connectivity index (χ1) is 18.1. The highest BCUT2D eigenvalue weighted by molar-refractivity contribution is 9.10. The number of carbonyl (C=O) groups is 1. The van der Waals surface area contributed by atoms with Gasteiger partial charge in [0.2, 0.25) is 5.91 Å². The molecular formula is C30H24BrN3O2S. The highest BCUT2D eigenvalue weighted by Crippen LogP contribution is 2.24. The molecule has 0 aliphatic heterocycles. The van der Waals surface area contributed by atoms with Gasteiger partial charge in [-0.15, -0.1) is 0 Å². The van der Waals surface area contributed by atoms with E-state index in [1.807, 2.05) is 108 Å². The molecule has 1 amide bonds. The number of benzene rings is 4. The zero-order valence-corrected chi connectivity index (χ0v) is 22.4. The van der Waals surface area contributed by atoms with Gasteiger partial charge < -0.3 is 4.90 Å². The molecule has 0 bridgehead atoms. The van der Waals surface area contributed by atoms with Gasteiger partial charge in [0.15, 0.2) is 5.16 Å². The highest BCUT2D eigenvalue weighted by atomic mass is 79.9. The van der Waals surface area contributed by atoms with Crippen LogP contribution in [0.4, 0.5) is 0 Å². The lowest BCUT2D eigenvalue weighted by molar-refractivity contribution is -0.129. The highest BCUT2D eigenvalue weighted by Gasteiger charge is 2.19. The Morgan fingerprint density at radius 3 is 1.97 bits per heavy atom. The Balaban J connectivity index is 1.46. The van der Waals surface area contributed by atoms with Crippen LogP contribution in [0.5, 0.6) is 0 Å². The maximum Gasteiger partial charge on any atom is 0.266 e. The van der Waals surface area contributed by atoms with E-state index < -0.39 is 0 Å². The molecule has 0 saturated carbocycles. The van der Waals surface area contributed by atoms with Crippen molar-refractivity contribution in [3.05, 3.63) is 135 Å². The zero-order chi connectivity index (χ0) is 25.6. The summed E-state index contributed by atoms with van der Waals surface area (Å²) in [5, 5.41) is 1.00. The topological polar surface area (TPSA) is 55.2 Å². The third-order valence-electron chi connectivity index (χ3n) is 5.92. The predicted molar refractivity (Wildman–Crippen MR) is 153 cm³/mol. The number of fused-ring (bicyclic) bond motifs is 1. The van der Waals surface area contributed by atoms with Gasteiger partial charge in [-0.3, -0.25) is 14.2 Å². The van der Waals surface area contributed by atoms with Gasteiger partial charge in [0.25, 0.3) is 5.56 Å². The minimum absolute atomic E-state index is 0.0255. The average Bonchev–Trinajstić information content (AvgIpc) is 2.93. The van der Waals surface area contributed by atoms with E-state index in [2.05, 4.69) is 15.9 Å². The zero-order valence-electron chi connectivity index (χ0n) is 20.0. The van der Waals surface area contributed by atoms with Gasteiger partial charge in [0.1, 0.15) is 0 Å². The number of para-hydroxylation sites is 1. The summed E-state index contributed by atoms with van der Waals surface area (Å²) in [4.78, 5) is 33.7. The molecule has 1 aromatic heterocycles. The van der Waals surface area contributed by atoms with Gasteiger partial charge in [0, 0.05) is 17.6 Å². The standard InChI is InChI=1S/C30H24BrN3O2S/c31-24-16-17-27-26(18-24)29(36)34(25-14-8-3-9-15-25)30(32-27)37-21-28(35)33(19-22-10-4-1-5-11-22)20-23-12-6-2-7-13-23/h1-18H,19-21H2. The van der Waals surface area contributed by atoms with Crippen molar-refractivity contribution >= 4 is 44.5 Å². The van der Waals surface area contributed by atoms with Gasteiger partial charge in [-0.05, 0) is 41.5 Å². The van der Waals surface area contributed by atoms with Gasteiger partial charge in [0.05, 0.1) is 22.3 Å². The molecule has 0 aliphatic rings. The number of thioether (sulfide) groups is 1. The number of hydrogen-bond acceptors (Lipinski definition) is 4. The minimum Gasteiger partial charge on any atom is -0.333 e. The summed E-state index contributed by atoms with van der Waals surface area (Å²) in [6, 6.07) is 34.8. The third kappa shape index (κ3) is 6.01. The normalized spacial score (nSPS) is 10.9. The van der Waals surface area contributed by atoms with E-state index in [1.165, 1.54) is 11.8 Å². The van der Waals surface area contributed by atoms with Crippen LogP contribution in [0.2, 0.25) is 0 Å². The number of amides is 1. The van der Waals surface area contributed by atoms with Crippen LogP contribution in [-0.2, 0) is 17.9 Å². The molecule has 5 rings (SSSR count).